The highest BCUT2D eigenvalue weighted by Crippen LogP contribution is 2.18. The monoisotopic (exact) mass is 401 g/mol. The predicted molar refractivity (Wildman–Crippen MR) is 103 cm³/mol. The van der Waals surface area contributed by atoms with Crippen LogP contribution in [0.1, 0.15) is 12.5 Å². The van der Waals surface area contributed by atoms with E-state index in [1.54, 1.807) is 31.2 Å². The number of carbonyl (C=O) groups is 3. The predicted octanol–water partition coefficient (Wildman–Crippen LogP) is 2.09. The minimum Gasteiger partial charge on any atom is -0.352 e. The second kappa shape index (κ2) is 8.81. The third kappa shape index (κ3) is 4.77. The molecule has 0 saturated carbocycles. The van der Waals surface area contributed by atoms with Gasteiger partial charge < -0.3 is 15.1 Å². The van der Waals surface area contributed by atoms with E-state index >= 15 is 0 Å². The number of amides is 3. The zero-order valence-electron chi connectivity index (χ0n) is 15.9. The third-order valence-electron chi connectivity index (χ3n) is 4.78. The molecule has 1 fully saturated rings. The average Bonchev–Trinajstić information content (AvgIpc) is 2.72. The van der Waals surface area contributed by atoms with E-state index in [2.05, 4.69) is 5.32 Å². The molecule has 3 amide bonds. The van der Waals surface area contributed by atoms with E-state index in [4.69, 9.17) is 0 Å². The Kier molecular flexibility index (Phi) is 6.21. The molecule has 1 saturated heterocycles. The second-order valence-electron chi connectivity index (χ2n) is 6.90. The van der Waals surface area contributed by atoms with Gasteiger partial charge in [0.2, 0.25) is 5.91 Å². The van der Waals surface area contributed by atoms with Gasteiger partial charge in [0, 0.05) is 37.4 Å². The number of hydrogen-bond acceptors (Lipinski definition) is 3. The molecule has 1 N–H and O–H groups in total. The molecular weight excluding hydrogens is 380 g/mol. The number of halogens is 2. The van der Waals surface area contributed by atoms with Gasteiger partial charge in [-0.25, -0.2) is 8.78 Å². The molecule has 3 rings (SSSR count). The molecule has 8 heteroatoms. The lowest BCUT2D eigenvalue weighted by molar-refractivity contribution is -0.147. The van der Waals surface area contributed by atoms with Gasteiger partial charge >= 0.3 is 11.8 Å². The maximum absolute atomic E-state index is 13.7. The van der Waals surface area contributed by atoms with Crippen molar-refractivity contribution in [2.24, 2.45) is 5.92 Å². The molecule has 2 aromatic carbocycles. The van der Waals surface area contributed by atoms with E-state index in [0.717, 1.165) is 18.2 Å². The highest BCUT2D eigenvalue weighted by molar-refractivity contribution is 6.41. The zero-order chi connectivity index (χ0) is 21.0. The lowest BCUT2D eigenvalue weighted by Gasteiger charge is -2.34. The Hall–Kier alpha value is -3.29. The van der Waals surface area contributed by atoms with Crippen molar-refractivity contribution >= 4 is 23.4 Å². The molecule has 1 aliphatic heterocycles. The van der Waals surface area contributed by atoms with Gasteiger partial charge in [0.1, 0.15) is 11.6 Å². The lowest BCUT2D eigenvalue weighted by atomic mass is 10.1. The van der Waals surface area contributed by atoms with Crippen LogP contribution in [0.5, 0.6) is 0 Å². The Bertz CT molecular complexity index is 921. The van der Waals surface area contributed by atoms with Crippen molar-refractivity contribution in [3.05, 3.63) is 65.7 Å². The number of para-hydroxylation sites is 1. The smallest absolute Gasteiger partial charge is 0.316 e. The topological polar surface area (TPSA) is 69.7 Å². The van der Waals surface area contributed by atoms with Gasteiger partial charge in [0.25, 0.3) is 0 Å². The van der Waals surface area contributed by atoms with E-state index in [1.807, 2.05) is 6.07 Å². The first kappa shape index (κ1) is 20.4. The molecule has 0 aromatic heterocycles. The van der Waals surface area contributed by atoms with Crippen molar-refractivity contribution in [1.29, 1.82) is 0 Å². The summed E-state index contributed by atoms with van der Waals surface area (Å²) in [6.45, 7) is 2.14. The number of nitrogens with one attached hydrogen (secondary N) is 1. The van der Waals surface area contributed by atoms with Crippen LogP contribution in [0.4, 0.5) is 14.5 Å². The summed E-state index contributed by atoms with van der Waals surface area (Å²) < 4.78 is 26.9. The van der Waals surface area contributed by atoms with Crippen LogP contribution in [0.15, 0.2) is 48.5 Å². The summed E-state index contributed by atoms with van der Waals surface area (Å²) in [6.07, 6.45) is 0. The van der Waals surface area contributed by atoms with Crippen LogP contribution < -0.4 is 10.2 Å². The normalized spacial score (nSPS) is 15.4. The van der Waals surface area contributed by atoms with Crippen LogP contribution in [0, 0.1) is 17.6 Å². The molecule has 1 atom stereocenters. The van der Waals surface area contributed by atoms with Crippen LogP contribution in [-0.4, -0.2) is 42.3 Å². The minimum atomic E-state index is -0.670. The Morgan fingerprint density at radius 3 is 2.52 bits per heavy atom. The molecule has 6 nitrogen and oxygen atoms in total. The fraction of sp³-hybridized carbons (Fsp3) is 0.286. The Balaban J connectivity index is 1.55. The summed E-state index contributed by atoms with van der Waals surface area (Å²) >= 11 is 0. The van der Waals surface area contributed by atoms with Crippen molar-refractivity contribution in [2.45, 2.75) is 13.5 Å². The quantitative estimate of drug-likeness (QED) is 0.754. The van der Waals surface area contributed by atoms with Gasteiger partial charge in [-0.1, -0.05) is 25.1 Å². The SMILES string of the molecule is C[C@H](CN1CCN(c2ccccc2)C(=O)C1=O)C(=O)NCc1cc(F)ccc1F. The van der Waals surface area contributed by atoms with Crippen molar-refractivity contribution in [3.8, 4) is 0 Å². The number of piperazine rings is 1. The molecule has 2 aromatic rings. The van der Waals surface area contributed by atoms with Gasteiger partial charge in [0.05, 0.1) is 5.92 Å². The van der Waals surface area contributed by atoms with E-state index in [1.165, 1.54) is 9.80 Å². The first-order chi connectivity index (χ1) is 13.9. The number of anilines is 1. The Morgan fingerprint density at radius 2 is 1.79 bits per heavy atom. The maximum atomic E-state index is 13.7. The summed E-state index contributed by atoms with van der Waals surface area (Å²) in [5, 5.41) is 2.54. The molecule has 0 bridgehead atoms. The Morgan fingerprint density at radius 1 is 1.07 bits per heavy atom. The summed E-state index contributed by atoms with van der Waals surface area (Å²) in [5.41, 5.74) is 0.682. The van der Waals surface area contributed by atoms with E-state index in [-0.39, 0.29) is 18.7 Å². The molecule has 0 aliphatic carbocycles. The first-order valence-electron chi connectivity index (χ1n) is 9.24. The van der Waals surface area contributed by atoms with Crippen molar-refractivity contribution in [1.82, 2.24) is 10.2 Å². The lowest BCUT2D eigenvalue weighted by Crippen LogP contribution is -2.56. The van der Waals surface area contributed by atoms with Gasteiger partial charge in [-0.05, 0) is 30.3 Å². The van der Waals surface area contributed by atoms with Crippen LogP contribution in [-0.2, 0) is 20.9 Å². The maximum Gasteiger partial charge on any atom is 0.316 e. The third-order valence-corrected chi connectivity index (χ3v) is 4.78. The van der Waals surface area contributed by atoms with E-state index in [9.17, 15) is 23.2 Å². The molecular formula is C21H21F2N3O3. The zero-order valence-corrected chi connectivity index (χ0v) is 15.9. The van der Waals surface area contributed by atoms with Gasteiger partial charge in [-0.2, -0.15) is 0 Å². The van der Waals surface area contributed by atoms with Crippen molar-refractivity contribution in [2.75, 3.05) is 24.5 Å². The number of carbonyl (C=O) groups excluding carboxylic acids is 3. The number of nitrogens with zero attached hydrogens (tertiary/aromatic N) is 2. The summed E-state index contributed by atoms with van der Waals surface area (Å²) in [4.78, 5) is 39.9. The van der Waals surface area contributed by atoms with Gasteiger partial charge in [0.15, 0.2) is 0 Å². The summed E-state index contributed by atoms with van der Waals surface area (Å²) in [5.74, 6) is -3.56. The molecule has 29 heavy (non-hydrogen) atoms. The summed E-state index contributed by atoms with van der Waals surface area (Å²) in [6, 6.07) is 11.9. The second-order valence-corrected chi connectivity index (χ2v) is 6.90. The van der Waals surface area contributed by atoms with Crippen LogP contribution >= 0.6 is 0 Å². The highest BCUT2D eigenvalue weighted by Gasteiger charge is 2.34. The molecule has 1 heterocycles. The molecule has 1 aliphatic rings. The summed E-state index contributed by atoms with van der Waals surface area (Å²) in [7, 11) is 0. The molecule has 0 spiro atoms. The fourth-order valence-corrected chi connectivity index (χ4v) is 3.15. The number of benzene rings is 2. The first-order valence-corrected chi connectivity index (χ1v) is 9.24. The minimum absolute atomic E-state index is 0.0354. The fourth-order valence-electron chi connectivity index (χ4n) is 3.15. The van der Waals surface area contributed by atoms with Gasteiger partial charge in [-0.3, -0.25) is 14.4 Å². The largest absolute Gasteiger partial charge is 0.352 e. The van der Waals surface area contributed by atoms with Crippen LogP contribution in [0.2, 0.25) is 0 Å². The van der Waals surface area contributed by atoms with Crippen LogP contribution in [0.25, 0.3) is 0 Å². The molecule has 0 radical (unpaired) electrons. The van der Waals surface area contributed by atoms with E-state index in [0.29, 0.717) is 18.8 Å². The highest BCUT2D eigenvalue weighted by atomic mass is 19.1. The molecule has 0 unspecified atom stereocenters. The van der Waals surface area contributed by atoms with Crippen molar-refractivity contribution < 1.29 is 23.2 Å². The van der Waals surface area contributed by atoms with Gasteiger partial charge in [-0.15, -0.1) is 0 Å². The Labute approximate surface area is 167 Å². The average molecular weight is 401 g/mol. The standard InChI is InChI=1S/C21H21F2N3O3/c1-14(19(27)24-12-15-11-16(22)7-8-18(15)23)13-25-9-10-26(21(29)20(25)28)17-5-3-2-4-6-17/h2-8,11,14H,9-10,12-13H2,1H3,(H,24,27)/t14-/m1/s1. The van der Waals surface area contributed by atoms with Crippen molar-refractivity contribution in [3.63, 3.8) is 0 Å². The molecule has 152 valence electrons. The van der Waals surface area contributed by atoms with E-state index < -0.39 is 35.3 Å². The number of hydrogen-bond donors (Lipinski definition) is 1. The van der Waals surface area contributed by atoms with Crippen LogP contribution in [0.3, 0.4) is 0 Å². The number of rotatable bonds is 6.